The van der Waals surface area contributed by atoms with Crippen molar-refractivity contribution < 1.29 is 4.74 Å². The van der Waals surface area contributed by atoms with Crippen LogP contribution in [0.2, 0.25) is 0 Å². The van der Waals surface area contributed by atoms with E-state index in [1.807, 2.05) is 54.0 Å². The maximum atomic E-state index is 13.6. The number of fused-ring (bicyclic) bond motifs is 1. The zero-order chi connectivity index (χ0) is 22.7. The molecule has 0 radical (unpaired) electrons. The summed E-state index contributed by atoms with van der Waals surface area (Å²) in [6.07, 6.45) is 1.67. The standard InChI is InChI=1S/C26H32N4O2/c1-19(2)14-15-28-17-29(22-10-12-23(32-4)13-11-22)26-27-20(3)24(25(31)30(26)18-28)16-21-8-6-5-7-9-21/h5-13,19H,14-18H2,1-4H3. The molecular weight excluding hydrogens is 400 g/mol. The average Bonchev–Trinajstić information content (AvgIpc) is 2.81. The summed E-state index contributed by atoms with van der Waals surface area (Å²) in [4.78, 5) is 23.0. The van der Waals surface area contributed by atoms with Crippen molar-refractivity contribution in [2.45, 2.75) is 40.3 Å². The first-order valence-electron chi connectivity index (χ1n) is 11.2. The third kappa shape index (κ3) is 4.70. The van der Waals surface area contributed by atoms with Crippen molar-refractivity contribution in [3.63, 3.8) is 0 Å². The lowest BCUT2D eigenvalue weighted by Crippen LogP contribution is -2.48. The maximum absolute atomic E-state index is 13.6. The maximum Gasteiger partial charge on any atom is 0.259 e. The molecule has 0 fully saturated rings. The number of rotatable bonds is 7. The summed E-state index contributed by atoms with van der Waals surface area (Å²) in [7, 11) is 1.66. The summed E-state index contributed by atoms with van der Waals surface area (Å²) in [5.74, 6) is 2.12. The highest BCUT2D eigenvalue weighted by Gasteiger charge is 2.28. The fourth-order valence-electron chi connectivity index (χ4n) is 4.07. The van der Waals surface area contributed by atoms with Crippen LogP contribution in [0.4, 0.5) is 11.6 Å². The Bertz CT molecular complexity index is 1110. The molecule has 2 heterocycles. The van der Waals surface area contributed by atoms with Crippen molar-refractivity contribution in [3.8, 4) is 5.75 Å². The smallest absolute Gasteiger partial charge is 0.259 e. The van der Waals surface area contributed by atoms with Crippen molar-refractivity contribution in [2.75, 3.05) is 25.2 Å². The minimum Gasteiger partial charge on any atom is -0.497 e. The minimum atomic E-state index is 0.0455. The zero-order valence-electron chi connectivity index (χ0n) is 19.4. The SMILES string of the molecule is COc1ccc(N2CN(CCC(C)C)Cn3c2nc(C)c(Cc2ccccc2)c3=O)cc1. The lowest BCUT2D eigenvalue weighted by atomic mass is 10.1. The summed E-state index contributed by atoms with van der Waals surface area (Å²) >= 11 is 0. The average molecular weight is 433 g/mol. The molecule has 0 saturated carbocycles. The Kier molecular flexibility index (Phi) is 6.61. The predicted octanol–water partition coefficient (Wildman–Crippen LogP) is 4.57. The van der Waals surface area contributed by atoms with Crippen LogP contribution < -0.4 is 15.2 Å². The molecule has 0 N–H and O–H groups in total. The van der Waals surface area contributed by atoms with Crippen LogP contribution in [-0.2, 0) is 13.1 Å². The molecule has 32 heavy (non-hydrogen) atoms. The van der Waals surface area contributed by atoms with Crippen molar-refractivity contribution in [1.82, 2.24) is 14.5 Å². The molecule has 0 saturated heterocycles. The third-order valence-electron chi connectivity index (χ3n) is 6.00. The first kappa shape index (κ1) is 22.1. The summed E-state index contributed by atoms with van der Waals surface area (Å²) in [6, 6.07) is 18.1. The van der Waals surface area contributed by atoms with E-state index in [-0.39, 0.29) is 5.56 Å². The van der Waals surface area contributed by atoms with E-state index in [0.717, 1.165) is 41.2 Å². The number of hydrogen-bond acceptors (Lipinski definition) is 5. The molecule has 1 aromatic heterocycles. The molecule has 0 unspecified atom stereocenters. The molecule has 0 spiro atoms. The van der Waals surface area contributed by atoms with E-state index in [2.05, 4.69) is 35.8 Å². The second-order valence-electron chi connectivity index (χ2n) is 8.86. The first-order valence-corrected chi connectivity index (χ1v) is 11.2. The van der Waals surface area contributed by atoms with Gasteiger partial charge in [0.05, 0.1) is 26.1 Å². The summed E-state index contributed by atoms with van der Waals surface area (Å²) in [5, 5.41) is 0. The number of aromatic nitrogens is 2. The van der Waals surface area contributed by atoms with E-state index >= 15 is 0 Å². The molecule has 2 aromatic carbocycles. The van der Waals surface area contributed by atoms with Gasteiger partial charge in [-0.15, -0.1) is 0 Å². The predicted molar refractivity (Wildman–Crippen MR) is 129 cm³/mol. The minimum absolute atomic E-state index is 0.0455. The Balaban J connectivity index is 1.75. The highest BCUT2D eigenvalue weighted by molar-refractivity contribution is 5.59. The molecule has 1 aliphatic heterocycles. The van der Waals surface area contributed by atoms with Crippen LogP contribution in [0.1, 0.15) is 37.1 Å². The number of methoxy groups -OCH3 is 1. The molecule has 0 amide bonds. The van der Waals surface area contributed by atoms with Gasteiger partial charge in [0, 0.05) is 24.2 Å². The van der Waals surface area contributed by atoms with E-state index in [0.29, 0.717) is 31.6 Å². The Morgan fingerprint density at radius 3 is 2.41 bits per heavy atom. The van der Waals surface area contributed by atoms with Gasteiger partial charge in [-0.05, 0) is 49.1 Å². The second kappa shape index (κ2) is 9.57. The van der Waals surface area contributed by atoms with Gasteiger partial charge in [-0.3, -0.25) is 19.2 Å². The van der Waals surface area contributed by atoms with Gasteiger partial charge < -0.3 is 4.74 Å². The fourth-order valence-corrected chi connectivity index (χ4v) is 4.07. The highest BCUT2D eigenvalue weighted by Crippen LogP contribution is 2.29. The number of hydrogen-bond donors (Lipinski definition) is 0. The number of aryl methyl sites for hydroxylation is 1. The van der Waals surface area contributed by atoms with E-state index in [4.69, 9.17) is 9.72 Å². The molecule has 3 aromatic rings. The third-order valence-corrected chi connectivity index (χ3v) is 6.00. The van der Waals surface area contributed by atoms with Crippen LogP contribution in [-0.4, -0.2) is 34.8 Å². The van der Waals surface area contributed by atoms with Gasteiger partial charge in [-0.2, -0.15) is 0 Å². The Morgan fingerprint density at radius 1 is 1.03 bits per heavy atom. The van der Waals surface area contributed by atoms with Gasteiger partial charge in [0.1, 0.15) is 5.75 Å². The topological polar surface area (TPSA) is 50.6 Å². The largest absolute Gasteiger partial charge is 0.497 e. The number of anilines is 2. The van der Waals surface area contributed by atoms with Crippen LogP contribution in [0.5, 0.6) is 5.75 Å². The molecule has 6 heteroatoms. The molecule has 0 atom stereocenters. The van der Waals surface area contributed by atoms with E-state index in [9.17, 15) is 4.79 Å². The van der Waals surface area contributed by atoms with Gasteiger partial charge in [0.15, 0.2) is 0 Å². The van der Waals surface area contributed by atoms with Crippen LogP contribution in [0, 0.1) is 12.8 Å². The zero-order valence-corrected chi connectivity index (χ0v) is 19.4. The highest BCUT2D eigenvalue weighted by atomic mass is 16.5. The molecular formula is C26H32N4O2. The van der Waals surface area contributed by atoms with Crippen LogP contribution in [0.15, 0.2) is 59.4 Å². The molecule has 168 valence electrons. The monoisotopic (exact) mass is 432 g/mol. The normalized spacial score (nSPS) is 14.0. The van der Waals surface area contributed by atoms with Crippen molar-refractivity contribution in [1.29, 1.82) is 0 Å². The Morgan fingerprint density at radius 2 is 1.75 bits per heavy atom. The molecule has 6 nitrogen and oxygen atoms in total. The van der Waals surface area contributed by atoms with E-state index in [1.165, 1.54) is 0 Å². The first-order chi connectivity index (χ1) is 15.5. The van der Waals surface area contributed by atoms with Gasteiger partial charge in [0.2, 0.25) is 5.95 Å². The number of benzene rings is 2. The molecule has 4 rings (SSSR count). The molecule has 1 aliphatic rings. The van der Waals surface area contributed by atoms with Crippen LogP contribution >= 0.6 is 0 Å². The quantitative estimate of drug-likeness (QED) is 0.548. The summed E-state index contributed by atoms with van der Waals surface area (Å²) in [5.41, 5.74) is 3.72. The van der Waals surface area contributed by atoms with Gasteiger partial charge in [-0.25, -0.2) is 4.98 Å². The van der Waals surface area contributed by atoms with Crippen molar-refractivity contribution in [2.24, 2.45) is 5.92 Å². The second-order valence-corrected chi connectivity index (χ2v) is 8.86. The van der Waals surface area contributed by atoms with Crippen LogP contribution in [0.3, 0.4) is 0 Å². The number of nitrogens with zero attached hydrogens (tertiary/aromatic N) is 4. The van der Waals surface area contributed by atoms with Crippen molar-refractivity contribution in [3.05, 3.63) is 81.8 Å². The fraction of sp³-hybridized carbons (Fsp3) is 0.385. The van der Waals surface area contributed by atoms with Gasteiger partial charge in [0.25, 0.3) is 5.56 Å². The lowest BCUT2D eigenvalue weighted by Gasteiger charge is -2.38. The van der Waals surface area contributed by atoms with Gasteiger partial charge >= 0.3 is 0 Å². The van der Waals surface area contributed by atoms with E-state index < -0.39 is 0 Å². The molecule has 0 bridgehead atoms. The van der Waals surface area contributed by atoms with Crippen LogP contribution in [0.25, 0.3) is 0 Å². The molecule has 0 aliphatic carbocycles. The van der Waals surface area contributed by atoms with E-state index in [1.54, 1.807) is 7.11 Å². The Hall–Kier alpha value is -3.12. The lowest BCUT2D eigenvalue weighted by molar-refractivity contribution is 0.188. The summed E-state index contributed by atoms with van der Waals surface area (Å²) < 4.78 is 7.16. The van der Waals surface area contributed by atoms with Crippen molar-refractivity contribution >= 4 is 11.6 Å². The summed E-state index contributed by atoms with van der Waals surface area (Å²) in [6.45, 7) is 8.59. The Labute approximate surface area is 190 Å². The van der Waals surface area contributed by atoms with Gasteiger partial charge in [-0.1, -0.05) is 44.2 Å². The number of ether oxygens (including phenoxy) is 1.